The minimum atomic E-state index is 0.0150. The number of rotatable bonds is 2. The van der Waals surface area contributed by atoms with Crippen LogP contribution in [-0.2, 0) is 6.54 Å². The normalized spacial score (nSPS) is 16.8. The van der Waals surface area contributed by atoms with E-state index in [1.165, 1.54) is 16.5 Å². The van der Waals surface area contributed by atoms with Crippen LogP contribution in [0, 0.1) is 6.92 Å². The number of ether oxygens (including phenoxy) is 1. The highest BCUT2D eigenvalue weighted by atomic mass is 16.5. The van der Waals surface area contributed by atoms with Crippen molar-refractivity contribution in [3.05, 3.63) is 53.7 Å². The Balaban J connectivity index is 1.30. The number of piperazine rings is 1. The number of benzene rings is 2. The van der Waals surface area contributed by atoms with Gasteiger partial charge in [-0.1, -0.05) is 30.3 Å². The second kappa shape index (κ2) is 6.86. The Morgan fingerprint density at radius 2 is 1.79 bits per heavy atom. The lowest BCUT2D eigenvalue weighted by Crippen LogP contribution is -2.49. The first-order valence-corrected chi connectivity index (χ1v) is 9.94. The minimum Gasteiger partial charge on any atom is -0.478 e. The first-order chi connectivity index (χ1) is 13.7. The molecule has 0 radical (unpaired) electrons. The van der Waals surface area contributed by atoms with Gasteiger partial charge >= 0.3 is 0 Å². The third kappa shape index (κ3) is 2.89. The molecule has 3 heterocycles. The van der Waals surface area contributed by atoms with Crippen LogP contribution in [0.25, 0.3) is 10.8 Å². The third-order valence-electron chi connectivity index (χ3n) is 5.75. The van der Waals surface area contributed by atoms with Crippen molar-refractivity contribution >= 4 is 22.4 Å². The zero-order valence-corrected chi connectivity index (χ0v) is 16.1. The molecule has 2 aromatic carbocycles. The fourth-order valence-electron chi connectivity index (χ4n) is 4.15. The number of aromatic nitrogens is 2. The molecule has 1 amide bonds. The molecular weight excluding hydrogens is 352 g/mol. The Kier molecular flexibility index (Phi) is 4.19. The van der Waals surface area contributed by atoms with Gasteiger partial charge in [0.15, 0.2) is 5.69 Å². The van der Waals surface area contributed by atoms with E-state index < -0.39 is 0 Å². The molecule has 0 bridgehead atoms. The van der Waals surface area contributed by atoms with E-state index in [2.05, 4.69) is 52.5 Å². The topological polar surface area (TPSA) is 50.6 Å². The quantitative estimate of drug-likeness (QED) is 0.690. The fraction of sp³-hybridized carbons (Fsp3) is 0.364. The maximum Gasteiger partial charge on any atom is 0.274 e. The van der Waals surface area contributed by atoms with Crippen molar-refractivity contribution in [2.45, 2.75) is 19.9 Å². The van der Waals surface area contributed by atoms with Gasteiger partial charge < -0.3 is 14.5 Å². The molecule has 6 nitrogen and oxygen atoms in total. The number of anilines is 1. The van der Waals surface area contributed by atoms with E-state index in [0.29, 0.717) is 25.4 Å². The van der Waals surface area contributed by atoms with Gasteiger partial charge in [-0.15, -0.1) is 0 Å². The number of carbonyl (C=O) groups excluding carboxylic acids is 1. The maximum absolute atomic E-state index is 13.0. The summed E-state index contributed by atoms with van der Waals surface area (Å²) in [5.41, 5.74) is 2.62. The van der Waals surface area contributed by atoms with Crippen molar-refractivity contribution in [2.75, 3.05) is 37.7 Å². The summed E-state index contributed by atoms with van der Waals surface area (Å²) in [5, 5.41) is 7.02. The molecular formula is C22H24N4O2. The second-order valence-corrected chi connectivity index (χ2v) is 7.51. The van der Waals surface area contributed by atoms with Crippen LogP contribution < -0.4 is 9.64 Å². The standard InChI is InChI=1S/C22H24N4O2/c1-16-20(23-26-9-4-14-28-22(16)26)21(27)25-12-10-24(11-13-25)19-8-7-17-5-2-3-6-18(17)15-19/h2-3,5-8,15H,4,9-14H2,1H3. The highest BCUT2D eigenvalue weighted by molar-refractivity contribution is 5.94. The predicted octanol–water partition coefficient (Wildman–Crippen LogP) is 3.09. The molecule has 0 saturated carbocycles. The highest BCUT2D eigenvalue weighted by Gasteiger charge is 2.29. The van der Waals surface area contributed by atoms with Crippen LogP contribution in [0.3, 0.4) is 0 Å². The van der Waals surface area contributed by atoms with Gasteiger partial charge in [-0.2, -0.15) is 5.10 Å². The smallest absolute Gasteiger partial charge is 0.274 e. The first kappa shape index (κ1) is 17.1. The molecule has 0 spiro atoms. The van der Waals surface area contributed by atoms with E-state index in [1.807, 2.05) is 16.5 Å². The van der Waals surface area contributed by atoms with Gasteiger partial charge in [0.05, 0.1) is 6.61 Å². The van der Waals surface area contributed by atoms with Crippen molar-refractivity contribution in [2.24, 2.45) is 0 Å². The fourth-order valence-corrected chi connectivity index (χ4v) is 4.15. The molecule has 5 rings (SSSR count). The van der Waals surface area contributed by atoms with Crippen molar-refractivity contribution in [1.29, 1.82) is 0 Å². The summed E-state index contributed by atoms with van der Waals surface area (Å²) in [4.78, 5) is 17.3. The van der Waals surface area contributed by atoms with Crippen LogP contribution in [0.1, 0.15) is 22.5 Å². The Hall–Kier alpha value is -3.02. The average molecular weight is 376 g/mol. The van der Waals surface area contributed by atoms with Gasteiger partial charge in [-0.3, -0.25) is 4.79 Å². The van der Waals surface area contributed by atoms with Crippen molar-refractivity contribution in [3.8, 4) is 5.88 Å². The number of carbonyl (C=O) groups is 1. The van der Waals surface area contributed by atoms with E-state index >= 15 is 0 Å². The van der Waals surface area contributed by atoms with E-state index in [-0.39, 0.29) is 5.91 Å². The van der Waals surface area contributed by atoms with E-state index in [4.69, 9.17) is 4.74 Å². The second-order valence-electron chi connectivity index (χ2n) is 7.51. The van der Waals surface area contributed by atoms with E-state index in [1.54, 1.807) is 0 Å². The van der Waals surface area contributed by atoms with Crippen molar-refractivity contribution < 1.29 is 9.53 Å². The minimum absolute atomic E-state index is 0.0150. The molecule has 2 aliphatic heterocycles. The summed E-state index contributed by atoms with van der Waals surface area (Å²) in [6.45, 7) is 6.51. The van der Waals surface area contributed by atoms with Gasteiger partial charge in [-0.05, 0) is 29.8 Å². The summed E-state index contributed by atoms with van der Waals surface area (Å²) in [7, 11) is 0. The number of fused-ring (bicyclic) bond motifs is 2. The maximum atomic E-state index is 13.0. The summed E-state index contributed by atoms with van der Waals surface area (Å²) in [6, 6.07) is 15.0. The monoisotopic (exact) mass is 376 g/mol. The molecule has 3 aromatic rings. The van der Waals surface area contributed by atoms with Crippen LogP contribution in [0.4, 0.5) is 5.69 Å². The van der Waals surface area contributed by atoms with E-state index in [9.17, 15) is 4.79 Å². The van der Waals surface area contributed by atoms with Crippen LogP contribution in [-0.4, -0.2) is 53.4 Å². The highest BCUT2D eigenvalue weighted by Crippen LogP contribution is 2.27. The summed E-state index contributed by atoms with van der Waals surface area (Å²) >= 11 is 0. The van der Waals surface area contributed by atoms with Crippen molar-refractivity contribution in [1.82, 2.24) is 14.7 Å². The number of nitrogens with zero attached hydrogens (tertiary/aromatic N) is 4. The number of amides is 1. The molecule has 2 aliphatic rings. The van der Waals surface area contributed by atoms with Crippen LogP contribution in [0.2, 0.25) is 0 Å². The molecule has 1 fully saturated rings. The third-order valence-corrected chi connectivity index (χ3v) is 5.75. The van der Waals surface area contributed by atoms with Gasteiger partial charge in [0, 0.05) is 50.4 Å². The summed E-state index contributed by atoms with van der Waals surface area (Å²) < 4.78 is 7.53. The summed E-state index contributed by atoms with van der Waals surface area (Å²) in [6.07, 6.45) is 0.937. The van der Waals surface area contributed by atoms with Crippen LogP contribution in [0.5, 0.6) is 5.88 Å². The van der Waals surface area contributed by atoms with Crippen LogP contribution >= 0.6 is 0 Å². The molecule has 0 aliphatic carbocycles. The molecule has 144 valence electrons. The largest absolute Gasteiger partial charge is 0.478 e. The molecule has 0 atom stereocenters. The Bertz CT molecular complexity index is 1030. The molecule has 28 heavy (non-hydrogen) atoms. The first-order valence-electron chi connectivity index (χ1n) is 9.94. The van der Waals surface area contributed by atoms with Gasteiger partial charge in [0.2, 0.25) is 5.88 Å². The lowest BCUT2D eigenvalue weighted by Gasteiger charge is -2.36. The van der Waals surface area contributed by atoms with Crippen molar-refractivity contribution in [3.63, 3.8) is 0 Å². The number of hydrogen-bond acceptors (Lipinski definition) is 4. The Morgan fingerprint density at radius 1 is 1.00 bits per heavy atom. The molecule has 1 saturated heterocycles. The number of hydrogen-bond donors (Lipinski definition) is 0. The summed E-state index contributed by atoms with van der Waals surface area (Å²) in [5.74, 6) is 0.769. The molecule has 6 heteroatoms. The SMILES string of the molecule is Cc1c(C(=O)N2CCN(c3ccc4ccccc4c3)CC2)nn2c1OCCC2. The van der Waals surface area contributed by atoms with Crippen LogP contribution in [0.15, 0.2) is 42.5 Å². The zero-order chi connectivity index (χ0) is 19.1. The zero-order valence-electron chi connectivity index (χ0n) is 16.1. The Morgan fingerprint density at radius 3 is 2.57 bits per heavy atom. The lowest BCUT2D eigenvalue weighted by atomic mass is 10.1. The van der Waals surface area contributed by atoms with Gasteiger partial charge in [-0.25, -0.2) is 4.68 Å². The van der Waals surface area contributed by atoms with Gasteiger partial charge in [0.25, 0.3) is 5.91 Å². The Labute approximate surface area is 164 Å². The lowest BCUT2D eigenvalue weighted by molar-refractivity contribution is 0.0739. The van der Waals surface area contributed by atoms with Gasteiger partial charge in [0.1, 0.15) is 0 Å². The average Bonchev–Trinajstić information content (AvgIpc) is 3.10. The molecule has 0 unspecified atom stereocenters. The van der Waals surface area contributed by atoms with E-state index in [0.717, 1.165) is 37.5 Å². The molecule has 1 aromatic heterocycles. The molecule has 0 N–H and O–H groups in total. The number of aryl methyl sites for hydroxylation is 1. The predicted molar refractivity (Wildman–Crippen MR) is 109 cm³/mol.